The van der Waals surface area contributed by atoms with Crippen LogP contribution in [0.5, 0.6) is 0 Å². The van der Waals surface area contributed by atoms with Crippen molar-refractivity contribution in [2.45, 2.75) is 0 Å². The first-order valence-corrected chi connectivity index (χ1v) is 3.67. The van der Waals surface area contributed by atoms with Crippen LogP contribution in [0.4, 0.5) is 4.39 Å². The minimum Gasteiger partial charge on any atom is -0.344 e. The lowest BCUT2D eigenvalue weighted by atomic mass is 10.3. The Bertz CT molecular complexity index is 488. The molecule has 2 heterocycles. The Hall–Kier alpha value is -1.23. The molecule has 5 heteroatoms. The Kier molecular flexibility index (Phi) is 1.47. The number of rotatable bonds is 0. The van der Waals surface area contributed by atoms with Gasteiger partial charge in [0.25, 0.3) is 0 Å². The maximum absolute atomic E-state index is 12.7. The number of halogens is 1. The van der Waals surface area contributed by atoms with Crippen molar-refractivity contribution in [2.75, 3.05) is 0 Å². The molecule has 0 saturated carbocycles. The second kappa shape index (κ2) is 2.38. The highest BCUT2D eigenvalue weighted by Gasteiger charge is 2.05. The van der Waals surface area contributed by atoms with Gasteiger partial charge in [0.2, 0.25) is 5.43 Å². The summed E-state index contributed by atoms with van der Waals surface area (Å²) in [4.78, 5) is 13.7. The SMILES string of the molecule is O=c1c(F)c[nH]c2c1ccn2S. The third kappa shape index (κ3) is 0.863. The van der Waals surface area contributed by atoms with Crippen LogP contribution >= 0.6 is 12.8 Å². The van der Waals surface area contributed by atoms with E-state index in [1.807, 2.05) is 0 Å². The van der Waals surface area contributed by atoms with Crippen LogP contribution in [0.1, 0.15) is 0 Å². The Morgan fingerprint density at radius 2 is 2.33 bits per heavy atom. The molecule has 0 radical (unpaired) electrons. The van der Waals surface area contributed by atoms with E-state index in [2.05, 4.69) is 17.8 Å². The first kappa shape index (κ1) is 7.42. The number of nitrogens with one attached hydrogen (secondary N) is 1. The minimum absolute atomic E-state index is 0.310. The van der Waals surface area contributed by atoms with Gasteiger partial charge < -0.3 is 4.98 Å². The van der Waals surface area contributed by atoms with Crippen LogP contribution in [0.25, 0.3) is 11.0 Å². The summed E-state index contributed by atoms with van der Waals surface area (Å²) >= 11 is 4.01. The second-order valence-electron chi connectivity index (χ2n) is 2.39. The van der Waals surface area contributed by atoms with E-state index in [1.165, 1.54) is 10.0 Å². The number of nitrogens with zero attached hydrogens (tertiary/aromatic N) is 1. The summed E-state index contributed by atoms with van der Waals surface area (Å²) in [6.07, 6.45) is 2.60. The quantitative estimate of drug-likeness (QED) is 0.592. The average Bonchev–Trinajstić information content (AvgIpc) is 2.41. The molecule has 2 rings (SSSR count). The third-order valence-electron chi connectivity index (χ3n) is 1.66. The molecule has 0 amide bonds. The smallest absolute Gasteiger partial charge is 0.226 e. The Labute approximate surface area is 72.4 Å². The number of thiol groups is 1. The van der Waals surface area contributed by atoms with Crippen molar-refractivity contribution in [1.82, 2.24) is 8.96 Å². The molecule has 0 aliphatic carbocycles. The monoisotopic (exact) mass is 184 g/mol. The zero-order valence-electron chi connectivity index (χ0n) is 5.91. The summed E-state index contributed by atoms with van der Waals surface area (Å²) in [7, 11) is 0. The number of H-pyrrole nitrogens is 1. The van der Waals surface area contributed by atoms with Gasteiger partial charge in [-0.25, -0.2) is 4.39 Å². The molecule has 1 N–H and O–H groups in total. The van der Waals surface area contributed by atoms with E-state index in [0.29, 0.717) is 11.0 Å². The molecule has 62 valence electrons. The van der Waals surface area contributed by atoms with Crippen LogP contribution < -0.4 is 5.43 Å². The molecule has 0 bridgehead atoms. The van der Waals surface area contributed by atoms with Gasteiger partial charge in [-0.15, -0.1) is 0 Å². The first-order valence-electron chi connectivity index (χ1n) is 3.27. The lowest BCUT2D eigenvalue weighted by Gasteiger charge is -1.93. The molecule has 0 fully saturated rings. The van der Waals surface area contributed by atoms with Gasteiger partial charge in [0, 0.05) is 12.4 Å². The highest BCUT2D eigenvalue weighted by molar-refractivity contribution is 7.78. The number of aromatic nitrogens is 2. The van der Waals surface area contributed by atoms with Crippen molar-refractivity contribution in [3.05, 3.63) is 34.5 Å². The predicted octanol–water partition coefficient (Wildman–Crippen LogP) is 1.16. The van der Waals surface area contributed by atoms with Crippen LogP contribution in [0.3, 0.4) is 0 Å². The zero-order chi connectivity index (χ0) is 8.72. The molecule has 12 heavy (non-hydrogen) atoms. The normalized spacial score (nSPS) is 10.8. The number of hydrogen-bond acceptors (Lipinski definition) is 2. The van der Waals surface area contributed by atoms with Crippen LogP contribution in [0.2, 0.25) is 0 Å². The van der Waals surface area contributed by atoms with Crippen LogP contribution in [0, 0.1) is 5.82 Å². The Morgan fingerprint density at radius 1 is 1.58 bits per heavy atom. The molecular weight excluding hydrogens is 179 g/mol. The zero-order valence-corrected chi connectivity index (χ0v) is 6.81. The lowest BCUT2D eigenvalue weighted by Crippen LogP contribution is -2.06. The van der Waals surface area contributed by atoms with E-state index in [-0.39, 0.29) is 0 Å². The maximum Gasteiger partial charge on any atom is 0.226 e. The molecule has 0 atom stereocenters. The van der Waals surface area contributed by atoms with Crippen molar-refractivity contribution in [3.8, 4) is 0 Å². The molecule has 0 aliphatic heterocycles. The fourth-order valence-electron chi connectivity index (χ4n) is 1.08. The van der Waals surface area contributed by atoms with E-state index in [4.69, 9.17) is 0 Å². The summed E-state index contributed by atoms with van der Waals surface area (Å²) in [5.41, 5.74) is -0.0960. The van der Waals surface area contributed by atoms with Gasteiger partial charge in [-0.05, 0) is 6.07 Å². The van der Waals surface area contributed by atoms with E-state index < -0.39 is 11.2 Å². The predicted molar refractivity (Wildman–Crippen MR) is 46.9 cm³/mol. The maximum atomic E-state index is 12.7. The molecular formula is C7H5FN2OS. The van der Waals surface area contributed by atoms with Gasteiger partial charge in [0.15, 0.2) is 5.82 Å². The number of pyridine rings is 1. The van der Waals surface area contributed by atoms with Crippen LogP contribution in [-0.4, -0.2) is 8.96 Å². The molecule has 0 aromatic carbocycles. The number of aromatic amines is 1. The van der Waals surface area contributed by atoms with Crippen molar-refractivity contribution in [1.29, 1.82) is 0 Å². The summed E-state index contributed by atoms with van der Waals surface area (Å²) in [5.74, 6) is -0.776. The number of fused-ring (bicyclic) bond motifs is 1. The fraction of sp³-hybridized carbons (Fsp3) is 0. The van der Waals surface area contributed by atoms with Crippen LogP contribution in [0.15, 0.2) is 23.3 Å². The molecule has 0 aliphatic rings. The first-order chi connectivity index (χ1) is 5.70. The van der Waals surface area contributed by atoms with Crippen molar-refractivity contribution in [3.63, 3.8) is 0 Å². The lowest BCUT2D eigenvalue weighted by molar-refractivity contribution is 0.614. The summed E-state index contributed by atoms with van der Waals surface area (Å²) in [5, 5.41) is 0.310. The van der Waals surface area contributed by atoms with Crippen molar-refractivity contribution < 1.29 is 4.39 Å². The van der Waals surface area contributed by atoms with E-state index >= 15 is 0 Å². The highest BCUT2D eigenvalue weighted by Crippen LogP contribution is 2.09. The molecule has 3 nitrogen and oxygen atoms in total. The minimum atomic E-state index is -0.776. The highest BCUT2D eigenvalue weighted by atomic mass is 32.1. The van der Waals surface area contributed by atoms with E-state index in [0.717, 1.165) is 6.20 Å². The van der Waals surface area contributed by atoms with E-state index in [9.17, 15) is 9.18 Å². The van der Waals surface area contributed by atoms with Gasteiger partial charge in [0.1, 0.15) is 5.65 Å². The molecule has 0 spiro atoms. The van der Waals surface area contributed by atoms with Gasteiger partial charge in [-0.3, -0.25) is 8.77 Å². The van der Waals surface area contributed by atoms with Gasteiger partial charge in [0.05, 0.1) is 5.39 Å². The second-order valence-corrected chi connectivity index (χ2v) is 2.82. The fourth-order valence-corrected chi connectivity index (χ4v) is 1.31. The van der Waals surface area contributed by atoms with Crippen molar-refractivity contribution in [2.24, 2.45) is 0 Å². The average molecular weight is 184 g/mol. The van der Waals surface area contributed by atoms with Gasteiger partial charge in [-0.2, -0.15) is 0 Å². The summed E-state index contributed by atoms with van der Waals surface area (Å²) in [6.45, 7) is 0. The Balaban J connectivity index is 3.03. The molecule has 0 unspecified atom stereocenters. The van der Waals surface area contributed by atoms with Crippen molar-refractivity contribution >= 4 is 23.8 Å². The van der Waals surface area contributed by atoms with Gasteiger partial charge in [-0.1, -0.05) is 12.8 Å². The third-order valence-corrected chi connectivity index (χ3v) is 2.00. The molecule has 2 aromatic heterocycles. The standard InChI is InChI=1S/C7H5FN2OS/c8-5-3-9-7-4(6(5)11)1-2-10(7)12/h1-3,12H,(H,9,11). The Morgan fingerprint density at radius 3 is 3.08 bits per heavy atom. The summed E-state index contributed by atoms with van der Waals surface area (Å²) < 4.78 is 14.1. The van der Waals surface area contributed by atoms with Gasteiger partial charge >= 0.3 is 0 Å². The summed E-state index contributed by atoms with van der Waals surface area (Å²) in [6, 6.07) is 1.52. The topological polar surface area (TPSA) is 37.8 Å². The number of hydrogen-bond donors (Lipinski definition) is 2. The largest absolute Gasteiger partial charge is 0.344 e. The molecule has 2 aromatic rings. The van der Waals surface area contributed by atoms with Crippen LogP contribution in [-0.2, 0) is 0 Å². The van der Waals surface area contributed by atoms with E-state index in [1.54, 1.807) is 6.20 Å². The molecule has 0 saturated heterocycles.